The lowest BCUT2D eigenvalue weighted by Gasteiger charge is -2.37. The Hall–Kier alpha value is -0.120. The fraction of sp³-hybridized carbons (Fsp3) is 1.00. The van der Waals surface area contributed by atoms with Crippen molar-refractivity contribution in [1.29, 1.82) is 0 Å². The van der Waals surface area contributed by atoms with E-state index in [0.29, 0.717) is 6.04 Å². The quantitative estimate of drug-likeness (QED) is 0.688. The molecule has 2 unspecified atom stereocenters. The summed E-state index contributed by atoms with van der Waals surface area (Å²) in [5.74, 6) is 0.756. The summed E-state index contributed by atoms with van der Waals surface area (Å²) < 4.78 is 0. The summed E-state index contributed by atoms with van der Waals surface area (Å²) >= 11 is 0. The Bertz CT molecular complexity index is 201. The van der Waals surface area contributed by atoms with E-state index < -0.39 is 0 Å². The van der Waals surface area contributed by atoms with Crippen LogP contribution in [0.1, 0.15) is 25.7 Å². The molecule has 0 aromatic heterocycles. The molecule has 0 aromatic rings. The van der Waals surface area contributed by atoms with Gasteiger partial charge in [-0.3, -0.25) is 0 Å². The minimum atomic E-state index is 0.123. The molecule has 1 aliphatic heterocycles. The molecule has 1 heterocycles. The molecule has 2 atom stereocenters. The van der Waals surface area contributed by atoms with Crippen molar-refractivity contribution in [2.75, 3.05) is 27.2 Å². The Balaban J connectivity index is 1.97. The Morgan fingerprint density at radius 2 is 2.21 bits per heavy atom. The van der Waals surface area contributed by atoms with E-state index in [2.05, 4.69) is 24.3 Å². The normalized spacial score (nSPS) is 34.1. The fourth-order valence-corrected chi connectivity index (χ4v) is 2.93. The van der Waals surface area contributed by atoms with Gasteiger partial charge in [-0.05, 0) is 52.2 Å². The number of nitrogens with zero attached hydrogens (tertiary/aromatic N) is 1. The van der Waals surface area contributed by atoms with E-state index in [4.69, 9.17) is 5.73 Å². The first kappa shape index (κ1) is 10.4. The van der Waals surface area contributed by atoms with Crippen molar-refractivity contribution < 1.29 is 0 Å². The predicted molar refractivity (Wildman–Crippen MR) is 59.2 cm³/mol. The summed E-state index contributed by atoms with van der Waals surface area (Å²) in [6, 6.07) is 0.533. The van der Waals surface area contributed by atoms with Crippen LogP contribution < -0.4 is 11.1 Å². The first-order valence-electron chi connectivity index (χ1n) is 5.80. The molecule has 1 saturated carbocycles. The maximum Gasteiger partial charge on any atom is 0.0314 e. The summed E-state index contributed by atoms with van der Waals surface area (Å²) in [7, 11) is 4.28. The molecule has 3 heteroatoms. The van der Waals surface area contributed by atoms with Gasteiger partial charge in [0, 0.05) is 18.1 Å². The standard InChI is InChI=1S/C11H23N3/c1-13-10(11(12)5-6-11)9-4-3-7-14(2)8-9/h9-10,13H,3-8,12H2,1-2H3. The highest BCUT2D eigenvalue weighted by Crippen LogP contribution is 2.40. The average Bonchev–Trinajstić information content (AvgIpc) is 2.85. The Morgan fingerprint density at radius 3 is 2.71 bits per heavy atom. The van der Waals surface area contributed by atoms with E-state index in [1.165, 1.54) is 38.8 Å². The molecule has 2 rings (SSSR count). The van der Waals surface area contributed by atoms with E-state index in [9.17, 15) is 0 Å². The van der Waals surface area contributed by atoms with Gasteiger partial charge in [-0.2, -0.15) is 0 Å². The highest BCUT2D eigenvalue weighted by molar-refractivity contribution is 5.10. The molecule has 2 fully saturated rings. The Morgan fingerprint density at radius 1 is 1.50 bits per heavy atom. The zero-order valence-corrected chi connectivity index (χ0v) is 9.42. The van der Waals surface area contributed by atoms with Gasteiger partial charge in [0.15, 0.2) is 0 Å². The number of nitrogens with one attached hydrogen (secondary N) is 1. The van der Waals surface area contributed by atoms with Gasteiger partial charge < -0.3 is 16.0 Å². The van der Waals surface area contributed by atoms with E-state index in [0.717, 1.165) is 5.92 Å². The molecular weight excluding hydrogens is 174 g/mol. The van der Waals surface area contributed by atoms with Gasteiger partial charge in [0.1, 0.15) is 0 Å². The molecule has 0 spiro atoms. The molecular formula is C11H23N3. The number of likely N-dealkylation sites (tertiary alicyclic amines) is 1. The fourth-order valence-electron chi connectivity index (χ4n) is 2.93. The van der Waals surface area contributed by atoms with Crippen LogP contribution in [0.25, 0.3) is 0 Å². The zero-order chi connectivity index (χ0) is 10.2. The van der Waals surface area contributed by atoms with Gasteiger partial charge in [-0.15, -0.1) is 0 Å². The van der Waals surface area contributed by atoms with Crippen molar-refractivity contribution in [3.8, 4) is 0 Å². The largest absolute Gasteiger partial charge is 0.324 e. The highest BCUT2D eigenvalue weighted by atomic mass is 15.1. The van der Waals surface area contributed by atoms with E-state index in [-0.39, 0.29) is 5.54 Å². The molecule has 0 radical (unpaired) electrons. The maximum atomic E-state index is 6.30. The van der Waals surface area contributed by atoms with Gasteiger partial charge in [0.2, 0.25) is 0 Å². The molecule has 1 saturated heterocycles. The number of hydrogen-bond donors (Lipinski definition) is 2. The zero-order valence-electron chi connectivity index (χ0n) is 9.42. The summed E-state index contributed by atoms with van der Waals surface area (Å²) in [6.07, 6.45) is 5.08. The summed E-state index contributed by atoms with van der Waals surface area (Å²) in [4.78, 5) is 2.43. The second kappa shape index (κ2) is 3.80. The minimum Gasteiger partial charge on any atom is -0.324 e. The highest BCUT2D eigenvalue weighted by Gasteiger charge is 2.48. The van der Waals surface area contributed by atoms with Crippen LogP contribution in [-0.4, -0.2) is 43.7 Å². The van der Waals surface area contributed by atoms with Crippen molar-refractivity contribution >= 4 is 0 Å². The molecule has 2 aliphatic rings. The maximum absolute atomic E-state index is 6.30. The van der Waals surface area contributed by atoms with Crippen LogP contribution in [0.2, 0.25) is 0 Å². The minimum absolute atomic E-state index is 0.123. The molecule has 0 aromatic carbocycles. The van der Waals surface area contributed by atoms with Gasteiger partial charge in [-0.25, -0.2) is 0 Å². The molecule has 3 N–H and O–H groups in total. The predicted octanol–water partition coefficient (Wildman–Crippen LogP) is 0.408. The van der Waals surface area contributed by atoms with Crippen LogP contribution in [0.5, 0.6) is 0 Å². The summed E-state index contributed by atoms with van der Waals surface area (Å²) in [5, 5.41) is 3.44. The third kappa shape index (κ3) is 1.95. The summed E-state index contributed by atoms with van der Waals surface area (Å²) in [5.41, 5.74) is 6.42. The smallest absolute Gasteiger partial charge is 0.0314 e. The summed E-state index contributed by atoms with van der Waals surface area (Å²) in [6.45, 7) is 2.47. The number of nitrogens with two attached hydrogens (primary N) is 1. The number of hydrogen-bond acceptors (Lipinski definition) is 3. The lowest BCUT2D eigenvalue weighted by molar-refractivity contribution is 0.160. The van der Waals surface area contributed by atoms with Crippen LogP contribution in [0.15, 0.2) is 0 Å². The lowest BCUT2D eigenvalue weighted by atomic mass is 9.85. The molecule has 0 amide bonds. The number of likely N-dealkylation sites (N-methyl/N-ethyl adjacent to an activating group) is 1. The second-order valence-corrected chi connectivity index (χ2v) is 5.16. The lowest BCUT2D eigenvalue weighted by Crippen LogP contribution is -2.54. The molecule has 82 valence electrons. The van der Waals surface area contributed by atoms with E-state index >= 15 is 0 Å². The van der Waals surface area contributed by atoms with Crippen LogP contribution in [0.3, 0.4) is 0 Å². The first-order chi connectivity index (χ1) is 6.65. The van der Waals surface area contributed by atoms with Gasteiger partial charge in [0.25, 0.3) is 0 Å². The van der Waals surface area contributed by atoms with Crippen molar-refractivity contribution in [2.45, 2.75) is 37.3 Å². The molecule has 3 nitrogen and oxygen atoms in total. The van der Waals surface area contributed by atoms with Gasteiger partial charge in [0.05, 0.1) is 0 Å². The Kier molecular flexibility index (Phi) is 2.82. The number of piperidine rings is 1. The van der Waals surface area contributed by atoms with Gasteiger partial charge >= 0.3 is 0 Å². The molecule has 0 bridgehead atoms. The van der Waals surface area contributed by atoms with E-state index in [1.54, 1.807) is 0 Å². The Labute approximate surface area is 87.0 Å². The third-order valence-corrected chi connectivity index (χ3v) is 3.89. The average molecular weight is 197 g/mol. The van der Waals surface area contributed by atoms with Crippen molar-refractivity contribution in [2.24, 2.45) is 11.7 Å². The van der Waals surface area contributed by atoms with Crippen molar-refractivity contribution in [1.82, 2.24) is 10.2 Å². The van der Waals surface area contributed by atoms with Crippen LogP contribution >= 0.6 is 0 Å². The van der Waals surface area contributed by atoms with Crippen LogP contribution in [0, 0.1) is 5.92 Å². The monoisotopic (exact) mass is 197 g/mol. The first-order valence-corrected chi connectivity index (χ1v) is 5.80. The van der Waals surface area contributed by atoms with Crippen LogP contribution in [-0.2, 0) is 0 Å². The van der Waals surface area contributed by atoms with Crippen LogP contribution in [0.4, 0.5) is 0 Å². The van der Waals surface area contributed by atoms with Gasteiger partial charge in [-0.1, -0.05) is 0 Å². The SMILES string of the molecule is CNC(C1CCCN(C)C1)C1(N)CC1. The molecule has 14 heavy (non-hydrogen) atoms. The number of rotatable bonds is 3. The van der Waals surface area contributed by atoms with Crippen molar-refractivity contribution in [3.63, 3.8) is 0 Å². The van der Waals surface area contributed by atoms with Crippen molar-refractivity contribution in [3.05, 3.63) is 0 Å². The molecule has 1 aliphatic carbocycles. The third-order valence-electron chi connectivity index (χ3n) is 3.89. The second-order valence-electron chi connectivity index (χ2n) is 5.16. The topological polar surface area (TPSA) is 41.3 Å². The van der Waals surface area contributed by atoms with E-state index in [1.807, 2.05) is 0 Å².